The lowest BCUT2D eigenvalue weighted by Gasteiger charge is -2.14. The number of imidazole rings is 1. The number of rotatable bonds is 9. The van der Waals surface area contributed by atoms with Gasteiger partial charge in [0, 0.05) is 30.2 Å². The number of thiophene rings is 1. The van der Waals surface area contributed by atoms with Crippen molar-refractivity contribution in [3.63, 3.8) is 0 Å². The van der Waals surface area contributed by atoms with E-state index in [0.717, 1.165) is 24.4 Å². The molecule has 218 valence electrons. The molecule has 1 saturated heterocycles. The molecule has 6 rings (SSSR count). The van der Waals surface area contributed by atoms with E-state index < -0.39 is 17.6 Å². The molecule has 0 spiro atoms. The summed E-state index contributed by atoms with van der Waals surface area (Å²) in [5.41, 5.74) is 2.84. The van der Waals surface area contributed by atoms with E-state index in [0.29, 0.717) is 51.1 Å². The van der Waals surface area contributed by atoms with Crippen LogP contribution in [-0.2, 0) is 29.0 Å². The number of fused-ring (bicyclic) bond motifs is 1. The molecule has 4 heterocycles. The number of nitrogens with zero attached hydrogens (tertiary/aromatic N) is 4. The van der Waals surface area contributed by atoms with E-state index in [1.54, 1.807) is 36.4 Å². The maximum Gasteiger partial charge on any atom is 0.348 e. The normalized spacial score (nSPS) is 14.6. The molecule has 0 aliphatic carbocycles. The van der Waals surface area contributed by atoms with Crippen molar-refractivity contribution in [2.45, 2.75) is 38.5 Å². The average Bonchev–Trinajstić information content (AvgIpc) is 3.76. The number of esters is 1. The van der Waals surface area contributed by atoms with Crippen LogP contribution in [0, 0.1) is 23.0 Å². The largest absolute Gasteiger partial charge is 0.473 e. The van der Waals surface area contributed by atoms with Crippen molar-refractivity contribution >= 4 is 27.7 Å². The van der Waals surface area contributed by atoms with Gasteiger partial charge in [0.2, 0.25) is 5.88 Å². The topological polar surface area (TPSA) is 99.3 Å². The second-order valence-corrected chi connectivity index (χ2v) is 11.1. The van der Waals surface area contributed by atoms with Gasteiger partial charge in [-0.15, -0.1) is 11.3 Å². The van der Waals surface area contributed by atoms with Crippen molar-refractivity contribution < 1.29 is 27.8 Å². The van der Waals surface area contributed by atoms with E-state index in [1.165, 1.54) is 36.6 Å². The number of halogens is 2. The van der Waals surface area contributed by atoms with Gasteiger partial charge in [0.05, 0.1) is 42.6 Å². The predicted octanol–water partition coefficient (Wildman–Crippen LogP) is 6.45. The van der Waals surface area contributed by atoms with E-state index in [9.17, 15) is 9.18 Å². The summed E-state index contributed by atoms with van der Waals surface area (Å²) in [5.74, 6) is -0.417. The van der Waals surface area contributed by atoms with Gasteiger partial charge in [0.15, 0.2) is 0 Å². The van der Waals surface area contributed by atoms with Gasteiger partial charge in [0.25, 0.3) is 0 Å². The molecule has 0 N–H and O–H groups in total. The standard InChI is InChI=1S/C32H26F2N4O4S/c1-40-32(39)28-15-27-31(43-28)37-29(38(27)17-23-4-3-11-41-23)14-20-9-10-21(13-25(20)34)26-5-2-6-30(36-26)42-18-22-8-7-19(16-35)12-24(22)33/h2,5-10,12-13,15,23H,3-4,11,14,17-18H2,1H3/t23-/m0/s1. The molecule has 3 aromatic heterocycles. The van der Waals surface area contributed by atoms with E-state index >= 15 is 4.39 Å². The summed E-state index contributed by atoms with van der Waals surface area (Å²) in [4.78, 5) is 22.5. The quantitative estimate of drug-likeness (QED) is 0.179. The third-order valence-corrected chi connectivity index (χ3v) is 8.30. The van der Waals surface area contributed by atoms with Crippen LogP contribution in [0.2, 0.25) is 0 Å². The van der Waals surface area contributed by atoms with Gasteiger partial charge in [-0.1, -0.05) is 24.3 Å². The molecule has 43 heavy (non-hydrogen) atoms. The Balaban J connectivity index is 1.22. The van der Waals surface area contributed by atoms with Crippen LogP contribution in [0.5, 0.6) is 5.88 Å². The molecule has 0 unspecified atom stereocenters. The number of nitriles is 1. The average molecular weight is 601 g/mol. The Kier molecular flexibility index (Phi) is 8.13. The first kappa shape index (κ1) is 28.5. The summed E-state index contributed by atoms with van der Waals surface area (Å²) < 4.78 is 48.1. The molecule has 1 fully saturated rings. The van der Waals surface area contributed by atoms with Crippen LogP contribution in [0.15, 0.2) is 60.7 Å². The Bertz CT molecular complexity index is 1860. The lowest BCUT2D eigenvalue weighted by atomic mass is 10.1. The molecular formula is C32H26F2N4O4S. The number of carbonyl (C=O) groups excluding carboxylic acids is 1. The second kappa shape index (κ2) is 12.3. The molecule has 0 amide bonds. The molecule has 0 bridgehead atoms. The van der Waals surface area contributed by atoms with Gasteiger partial charge in [-0.25, -0.2) is 23.5 Å². The Hall–Kier alpha value is -4.66. The van der Waals surface area contributed by atoms with Crippen molar-refractivity contribution in [2.24, 2.45) is 0 Å². The molecule has 0 radical (unpaired) electrons. The van der Waals surface area contributed by atoms with Gasteiger partial charge < -0.3 is 18.8 Å². The van der Waals surface area contributed by atoms with Gasteiger partial charge in [-0.2, -0.15) is 5.26 Å². The molecule has 1 atom stereocenters. The molecule has 1 aliphatic heterocycles. The zero-order chi connectivity index (χ0) is 29.9. The number of hydrogen-bond donors (Lipinski definition) is 0. The van der Waals surface area contributed by atoms with Crippen LogP contribution < -0.4 is 4.74 Å². The van der Waals surface area contributed by atoms with Crippen molar-refractivity contribution in [1.82, 2.24) is 14.5 Å². The Labute approximate surface area is 250 Å². The third-order valence-electron chi connectivity index (χ3n) is 7.30. The summed E-state index contributed by atoms with van der Waals surface area (Å²) in [5, 5.41) is 8.92. The molecule has 2 aromatic carbocycles. The first-order valence-corrected chi connectivity index (χ1v) is 14.5. The lowest BCUT2D eigenvalue weighted by molar-refractivity contribution is 0.0606. The first-order valence-electron chi connectivity index (χ1n) is 13.7. The zero-order valence-corrected chi connectivity index (χ0v) is 24.0. The van der Waals surface area contributed by atoms with Gasteiger partial charge >= 0.3 is 5.97 Å². The molecule has 0 saturated carbocycles. The Morgan fingerprint density at radius 2 is 1.95 bits per heavy atom. The number of benzene rings is 2. The summed E-state index contributed by atoms with van der Waals surface area (Å²) in [6.45, 7) is 1.20. The molecule has 5 aromatic rings. The number of aromatic nitrogens is 3. The Morgan fingerprint density at radius 3 is 2.70 bits per heavy atom. The third kappa shape index (κ3) is 6.11. The molecule has 1 aliphatic rings. The van der Waals surface area contributed by atoms with Crippen LogP contribution in [0.4, 0.5) is 8.78 Å². The van der Waals surface area contributed by atoms with Crippen molar-refractivity contribution in [3.8, 4) is 23.2 Å². The highest BCUT2D eigenvalue weighted by Gasteiger charge is 2.23. The van der Waals surface area contributed by atoms with E-state index in [1.807, 2.05) is 10.6 Å². The van der Waals surface area contributed by atoms with Crippen molar-refractivity contribution in [2.75, 3.05) is 13.7 Å². The van der Waals surface area contributed by atoms with Crippen LogP contribution in [0.1, 0.15) is 45.0 Å². The highest BCUT2D eigenvalue weighted by Crippen LogP contribution is 2.31. The molecule has 11 heteroatoms. The maximum atomic E-state index is 15.5. The van der Waals surface area contributed by atoms with Crippen molar-refractivity contribution in [3.05, 3.63) is 99.7 Å². The number of hydrogen-bond acceptors (Lipinski definition) is 8. The van der Waals surface area contributed by atoms with Crippen LogP contribution in [-0.4, -0.2) is 40.3 Å². The Morgan fingerprint density at radius 1 is 1.12 bits per heavy atom. The van der Waals surface area contributed by atoms with Crippen LogP contribution in [0.3, 0.4) is 0 Å². The summed E-state index contributed by atoms with van der Waals surface area (Å²) >= 11 is 1.25. The molecular weight excluding hydrogens is 574 g/mol. The van der Waals surface area contributed by atoms with Crippen LogP contribution >= 0.6 is 11.3 Å². The minimum Gasteiger partial charge on any atom is -0.473 e. The minimum absolute atomic E-state index is 0.0267. The second-order valence-electron chi connectivity index (χ2n) is 10.1. The van der Waals surface area contributed by atoms with Gasteiger partial charge in [-0.3, -0.25) is 0 Å². The number of carbonyl (C=O) groups is 1. The zero-order valence-electron chi connectivity index (χ0n) is 23.2. The molecule has 8 nitrogen and oxygen atoms in total. The smallest absolute Gasteiger partial charge is 0.348 e. The number of methoxy groups -OCH3 is 1. The fraction of sp³-hybridized carbons (Fsp3) is 0.250. The maximum absolute atomic E-state index is 15.5. The number of ether oxygens (including phenoxy) is 3. The van der Waals surface area contributed by atoms with E-state index in [4.69, 9.17) is 24.5 Å². The highest BCUT2D eigenvalue weighted by atomic mass is 32.1. The van der Waals surface area contributed by atoms with E-state index in [-0.39, 0.29) is 30.6 Å². The predicted molar refractivity (Wildman–Crippen MR) is 156 cm³/mol. The van der Waals surface area contributed by atoms with Gasteiger partial charge in [0.1, 0.15) is 33.8 Å². The highest BCUT2D eigenvalue weighted by molar-refractivity contribution is 7.20. The minimum atomic E-state index is -0.534. The summed E-state index contributed by atoms with van der Waals surface area (Å²) in [6, 6.07) is 17.9. The lowest BCUT2D eigenvalue weighted by Crippen LogP contribution is -2.17. The number of pyridine rings is 1. The monoisotopic (exact) mass is 600 g/mol. The summed E-state index contributed by atoms with van der Waals surface area (Å²) in [7, 11) is 1.34. The summed E-state index contributed by atoms with van der Waals surface area (Å²) in [6.07, 6.45) is 2.19. The van der Waals surface area contributed by atoms with Crippen LogP contribution in [0.25, 0.3) is 21.6 Å². The first-order chi connectivity index (χ1) is 20.9. The fourth-order valence-electron chi connectivity index (χ4n) is 5.06. The van der Waals surface area contributed by atoms with Crippen molar-refractivity contribution in [1.29, 1.82) is 5.26 Å². The van der Waals surface area contributed by atoms with E-state index in [2.05, 4.69) is 4.98 Å². The van der Waals surface area contributed by atoms with Gasteiger partial charge in [-0.05, 0) is 48.7 Å². The SMILES string of the molecule is COC(=O)c1cc2c(nc(Cc3ccc(-c4cccc(OCc5ccc(C#N)cc5F)n4)cc3F)n2C[C@@H]2CCCO2)s1. The fourth-order valence-corrected chi connectivity index (χ4v) is 6.03.